The molecule has 0 atom stereocenters. The molecular formula is C6H15N3NiO6+2. The van der Waals surface area contributed by atoms with Crippen LogP contribution in [0.4, 0.5) is 0 Å². The fourth-order valence-corrected chi connectivity index (χ4v) is 0. The maximum absolute atomic E-state index is 9.24. The Morgan fingerprint density at radius 3 is 0.750 bits per heavy atom. The molecule has 10 heteroatoms. The third-order valence-corrected chi connectivity index (χ3v) is 0.524. The summed E-state index contributed by atoms with van der Waals surface area (Å²) < 4.78 is 0. The molecular weight excluding hydrogens is 269 g/mol. The molecule has 0 aromatic carbocycles. The van der Waals surface area contributed by atoms with E-state index in [0.717, 1.165) is 0 Å². The average Bonchev–Trinajstić information content (AvgIpc) is 2.19. The molecule has 0 bridgehead atoms. The van der Waals surface area contributed by atoms with Gasteiger partial charge in [0.25, 0.3) is 0 Å². The summed E-state index contributed by atoms with van der Waals surface area (Å²) in [6.45, 7) is -0.833. The van der Waals surface area contributed by atoms with Crippen molar-refractivity contribution in [2.45, 2.75) is 0 Å². The summed E-state index contributed by atoms with van der Waals surface area (Å²) in [5.74, 6) is -2.90. The largest absolute Gasteiger partial charge is 2.00 e. The van der Waals surface area contributed by atoms with E-state index in [1.54, 1.807) is 0 Å². The number of carboxylic acids is 3. The van der Waals surface area contributed by atoms with Gasteiger partial charge >= 0.3 is 34.4 Å². The Morgan fingerprint density at radius 1 is 0.688 bits per heavy atom. The predicted octanol–water partition coefficient (Wildman–Crippen LogP) is -2.91. The van der Waals surface area contributed by atoms with E-state index in [9.17, 15) is 14.4 Å². The van der Waals surface area contributed by atoms with Crippen molar-refractivity contribution in [3.05, 3.63) is 0 Å². The second-order valence-corrected chi connectivity index (χ2v) is 1.79. The van der Waals surface area contributed by atoms with E-state index < -0.39 is 17.9 Å². The van der Waals surface area contributed by atoms with Gasteiger partial charge in [0.05, 0.1) is 19.6 Å². The van der Waals surface area contributed by atoms with Gasteiger partial charge < -0.3 is 32.5 Å². The maximum atomic E-state index is 9.24. The zero-order valence-corrected chi connectivity index (χ0v) is 9.22. The zero-order chi connectivity index (χ0) is 12.9. The smallest absolute Gasteiger partial charge is 0.480 e. The molecule has 0 aliphatic heterocycles. The maximum Gasteiger partial charge on any atom is 2.00 e. The van der Waals surface area contributed by atoms with Gasteiger partial charge in [-0.1, -0.05) is 0 Å². The van der Waals surface area contributed by atoms with E-state index in [2.05, 4.69) is 17.2 Å². The van der Waals surface area contributed by atoms with Gasteiger partial charge in [-0.3, -0.25) is 14.4 Å². The molecule has 0 amide bonds. The molecule has 9 nitrogen and oxygen atoms in total. The average molecular weight is 284 g/mol. The van der Waals surface area contributed by atoms with Crippen LogP contribution < -0.4 is 17.2 Å². The third kappa shape index (κ3) is 77.6. The van der Waals surface area contributed by atoms with Crippen LogP contribution in [-0.4, -0.2) is 52.9 Å². The second-order valence-electron chi connectivity index (χ2n) is 1.79. The number of carboxylic acid groups (broad SMARTS) is 3. The number of rotatable bonds is 3. The molecule has 0 spiro atoms. The van der Waals surface area contributed by atoms with Gasteiger partial charge in [0.15, 0.2) is 0 Å². The Morgan fingerprint density at radius 2 is 0.750 bits per heavy atom. The van der Waals surface area contributed by atoms with Crippen LogP contribution in [0.25, 0.3) is 0 Å². The van der Waals surface area contributed by atoms with E-state index in [4.69, 9.17) is 15.3 Å². The van der Waals surface area contributed by atoms with Crippen molar-refractivity contribution in [1.82, 2.24) is 0 Å². The predicted molar refractivity (Wildman–Crippen MR) is 50.1 cm³/mol. The SMILES string of the molecule is NCC(=O)O.NCC(=O)O.NCC(=O)O.[Ni+2]. The van der Waals surface area contributed by atoms with Crippen LogP contribution in [0.1, 0.15) is 0 Å². The van der Waals surface area contributed by atoms with Crippen molar-refractivity contribution < 1.29 is 46.2 Å². The zero-order valence-electron chi connectivity index (χ0n) is 8.24. The molecule has 0 fully saturated rings. The van der Waals surface area contributed by atoms with Gasteiger partial charge in [-0.2, -0.15) is 0 Å². The van der Waals surface area contributed by atoms with Crippen LogP contribution in [0, 0.1) is 0 Å². The number of hydrogen-bond acceptors (Lipinski definition) is 6. The normalized spacial score (nSPS) is 6.94. The van der Waals surface area contributed by atoms with E-state index in [1.807, 2.05) is 0 Å². The molecule has 0 radical (unpaired) electrons. The summed E-state index contributed by atoms with van der Waals surface area (Å²) in [5, 5.41) is 22.8. The molecule has 16 heavy (non-hydrogen) atoms. The minimum Gasteiger partial charge on any atom is -0.480 e. The fourth-order valence-electron chi connectivity index (χ4n) is 0. The molecule has 0 aliphatic carbocycles. The Hall–Kier alpha value is -1.22. The molecule has 0 heterocycles. The van der Waals surface area contributed by atoms with Crippen LogP contribution in [0.5, 0.6) is 0 Å². The molecule has 0 aliphatic rings. The summed E-state index contributed by atoms with van der Waals surface area (Å²) in [5.41, 5.74) is 13.7. The first-order valence-corrected chi connectivity index (χ1v) is 3.57. The quantitative estimate of drug-likeness (QED) is 0.295. The number of hydrogen-bond donors (Lipinski definition) is 6. The number of nitrogens with two attached hydrogens (primary N) is 3. The molecule has 0 aromatic heterocycles. The molecule has 0 saturated heterocycles. The summed E-state index contributed by atoms with van der Waals surface area (Å²) in [6, 6.07) is 0. The summed E-state index contributed by atoms with van der Waals surface area (Å²) >= 11 is 0. The van der Waals surface area contributed by atoms with Gasteiger partial charge in [-0.05, 0) is 0 Å². The monoisotopic (exact) mass is 283 g/mol. The van der Waals surface area contributed by atoms with Crippen molar-refractivity contribution in [2.75, 3.05) is 19.6 Å². The summed E-state index contributed by atoms with van der Waals surface area (Å²) in [6.07, 6.45) is 0. The van der Waals surface area contributed by atoms with E-state index in [1.165, 1.54) is 0 Å². The second kappa shape index (κ2) is 19.4. The standard InChI is InChI=1S/3C2H5NO2.Ni/c3*3-1-2(4)5;/h3*1,3H2,(H,4,5);/q;;;+2. The van der Waals surface area contributed by atoms with E-state index >= 15 is 0 Å². The Balaban J connectivity index is -0.0000000655. The van der Waals surface area contributed by atoms with Gasteiger partial charge in [-0.25, -0.2) is 0 Å². The van der Waals surface area contributed by atoms with Crippen LogP contribution >= 0.6 is 0 Å². The first-order valence-electron chi connectivity index (χ1n) is 3.57. The molecule has 98 valence electrons. The van der Waals surface area contributed by atoms with Crippen molar-refractivity contribution in [2.24, 2.45) is 17.2 Å². The Bertz CT molecular complexity index is 167. The van der Waals surface area contributed by atoms with E-state index in [-0.39, 0.29) is 36.1 Å². The minimum absolute atomic E-state index is 0. The Labute approximate surface area is 102 Å². The summed E-state index contributed by atoms with van der Waals surface area (Å²) in [4.78, 5) is 27.7. The van der Waals surface area contributed by atoms with E-state index in [0.29, 0.717) is 0 Å². The van der Waals surface area contributed by atoms with Gasteiger partial charge in [0.2, 0.25) is 0 Å². The van der Waals surface area contributed by atoms with Gasteiger partial charge in [0, 0.05) is 0 Å². The van der Waals surface area contributed by atoms with Crippen LogP contribution in [0.3, 0.4) is 0 Å². The number of aliphatic carboxylic acids is 3. The third-order valence-electron chi connectivity index (χ3n) is 0.524. The van der Waals surface area contributed by atoms with Crippen molar-refractivity contribution in [1.29, 1.82) is 0 Å². The fraction of sp³-hybridized carbons (Fsp3) is 0.500. The van der Waals surface area contributed by atoms with Crippen molar-refractivity contribution in [3.8, 4) is 0 Å². The molecule has 0 saturated carbocycles. The number of carbonyl (C=O) groups is 3. The van der Waals surface area contributed by atoms with Crippen molar-refractivity contribution >= 4 is 17.9 Å². The molecule has 9 N–H and O–H groups in total. The Kier molecular flexibility index (Phi) is 29.2. The van der Waals surface area contributed by atoms with Crippen LogP contribution in [0.15, 0.2) is 0 Å². The molecule has 0 unspecified atom stereocenters. The van der Waals surface area contributed by atoms with Gasteiger partial charge in [0.1, 0.15) is 0 Å². The molecule has 0 aromatic rings. The van der Waals surface area contributed by atoms with Crippen molar-refractivity contribution in [3.63, 3.8) is 0 Å². The minimum atomic E-state index is -0.968. The van der Waals surface area contributed by atoms with Gasteiger partial charge in [-0.15, -0.1) is 0 Å². The van der Waals surface area contributed by atoms with Crippen LogP contribution in [0.2, 0.25) is 0 Å². The first kappa shape index (κ1) is 24.2. The van der Waals surface area contributed by atoms with Crippen LogP contribution in [-0.2, 0) is 30.9 Å². The topological polar surface area (TPSA) is 190 Å². The molecule has 0 rings (SSSR count). The summed E-state index contributed by atoms with van der Waals surface area (Å²) in [7, 11) is 0. The first-order chi connectivity index (χ1) is 6.81.